The lowest BCUT2D eigenvalue weighted by Gasteiger charge is -2.06. The van der Waals surface area contributed by atoms with E-state index in [2.05, 4.69) is 10.6 Å². The van der Waals surface area contributed by atoms with Gasteiger partial charge in [0.05, 0.1) is 7.11 Å². The summed E-state index contributed by atoms with van der Waals surface area (Å²) in [6.45, 7) is 4.00. The number of carbonyl (C=O) groups is 1. The molecule has 2 N–H and O–H groups in total. The van der Waals surface area contributed by atoms with E-state index in [1.165, 1.54) is 0 Å². The number of benzene rings is 1. The largest absolute Gasteiger partial charge is 0.497 e. The fourth-order valence-corrected chi connectivity index (χ4v) is 1.16. The first kappa shape index (κ1) is 13.1. The van der Waals surface area contributed by atoms with Crippen LogP contribution in [0.4, 0.5) is 10.5 Å². The lowest BCUT2D eigenvalue weighted by atomic mass is 10.3. The molecular weight excluding hydrogens is 216 g/mol. The first-order valence-corrected chi connectivity index (χ1v) is 5.53. The van der Waals surface area contributed by atoms with E-state index >= 15 is 0 Å². The number of nitrogens with one attached hydrogen (secondary N) is 2. The van der Waals surface area contributed by atoms with Crippen LogP contribution >= 0.6 is 0 Å². The van der Waals surface area contributed by atoms with Crippen LogP contribution < -0.4 is 15.4 Å². The van der Waals surface area contributed by atoms with Crippen LogP contribution in [0.1, 0.15) is 20.3 Å². The standard InChI is InChI=1S/C13H18N2O2/c1-4-10(2)9-14-13(16)15-11-6-5-7-12(8-11)17-3/h5-9H,4H2,1-3H3,(H2,14,15,16)/b10-9+. The molecule has 0 radical (unpaired) electrons. The summed E-state index contributed by atoms with van der Waals surface area (Å²) < 4.78 is 5.07. The Labute approximate surface area is 102 Å². The molecule has 92 valence electrons. The Kier molecular flexibility index (Phi) is 5.07. The molecule has 0 aliphatic rings. The first-order chi connectivity index (χ1) is 8.15. The zero-order chi connectivity index (χ0) is 12.7. The molecule has 4 nitrogen and oxygen atoms in total. The third-order valence-corrected chi connectivity index (χ3v) is 2.33. The molecule has 0 atom stereocenters. The number of rotatable bonds is 4. The van der Waals surface area contributed by atoms with Crippen LogP contribution in [0.2, 0.25) is 0 Å². The Balaban J connectivity index is 2.56. The molecule has 17 heavy (non-hydrogen) atoms. The molecule has 1 aromatic carbocycles. The predicted molar refractivity (Wildman–Crippen MR) is 69.2 cm³/mol. The maximum absolute atomic E-state index is 11.5. The molecule has 0 heterocycles. The molecule has 0 saturated carbocycles. The summed E-state index contributed by atoms with van der Waals surface area (Å²) in [4.78, 5) is 11.5. The van der Waals surface area contributed by atoms with Crippen molar-refractivity contribution < 1.29 is 9.53 Å². The van der Waals surface area contributed by atoms with Crippen molar-refractivity contribution in [2.24, 2.45) is 0 Å². The lowest BCUT2D eigenvalue weighted by molar-refractivity contribution is 0.255. The van der Waals surface area contributed by atoms with Gasteiger partial charge in [-0.1, -0.05) is 18.6 Å². The van der Waals surface area contributed by atoms with Crippen LogP contribution in [0.25, 0.3) is 0 Å². The maximum atomic E-state index is 11.5. The van der Waals surface area contributed by atoms with Crippen molar-refractivity contribution in [3.8, 4) is 5.75 Å². The molecule has 0 aliphatic carbocycles. The number of urea groups is 1. The van der Waals surface area contributed by atoms with E-state index in [4.69, 9.17) is 4.74 Å². The van der Waals surface area contributed by atoms with Crippen molar-refractivity contribution in [3.05, 3.63) is 36.0 Å². The number of ether oxygens (including phenoxy) is 1. The van der Waals surface area contributed by atoms with Crippen LogP contribution in [0.15, 0.2) is 36.0 Å². The van der Waals surface area contributed by atoms with Crippen molar-refractivity contribution in [1.82, 2.24) is 5.32 Å². The highest BCUT2D eigenvalue weighted by Crippen LogP contribution is 2.16. The lowest BCUT2D eigenvalue weighted by Crippen LogP contribution is -2.24. The van der Waals surface area contributed by atoms with E-state index in [0.29, 0.717) is 11.4 Å². The minimum atomic E-state index is -0.258. The second-order valence-corrected chi connectivity index (χ2v) is 3.67. The van der Waals surface area contributed by atoms with Crippen LogP contribution in [0, 0.1) is 0 Å². The minimum absolute atomic E-state index is 0.258. The van der Waals surface area contributed by atoms with Crippen molar-refractivity contribution in [2.75, 3.05) is 12.4 Å². The molecule has 0 saturated heterocycles. The predicted octanol–water partition coefficient (Wildman–Crippen LogP) is 3.13. The summed E-state index contributed by atoms with van der Waals surface area (Å²) in [7, 11) is 1.59. The van der Waals surface area contributed by atoms with Gasteiger partial charge in [0.25, 0.3) is 0 Å². The number of hydrogen-bond acceptors (Lipinski definition) is 2. The maximum Gasteiger partial charge on any atom is 0.323 e. The number of methoxy groups -OCH3 is 1. The highest BCUT2D eigenvalue weighted by atomic mass is 16.5. The van der Waals surface area contributed by atoms with E-state index in [1.54, 1.807) is 25.4 Å². The van der Waals surface area contributed by atoms with E-state index < -0.39 is 0 Å². The SMILES string of the molecule is CC/C(C)=C/NC(=O)Nc1cccc(OC)c1. The summed E-state index contributed by atoms with van der Waals surface area (Å²) in [5.74, 6) is 0.711. The minimum Gasteiger partial charge on any atom is -0.497 e. The Morgan fingerprint density at radius 1 is 1.47 bits per heavy atom. The van der Waals surface area contributed by atoms with E-state index in [1.807, 2.05) is 26.0 Å². The summed E-state index contributed by atoms with van der Waals surface area (Å²) in [5, 5.41) is 5.39. The second-order valence-electron chi connectivity index (χ2n) is 3.67. The zero-order valence-electron chi connectivity index (χ0n) is 10.4. The Bertz CT molecular complexity index is 414. The van der Waals surface area contributed by atoms with Gasteiger partial charge in [-0.15, -0.1) is 0 Å². The molecule has 2 amide bonds. The normalized spacial score (nSPS) is 10.9. The van der Waals surface area contributed by atoms with Crippen molar-refractivity contribution in [2.45, 2.75) is 20.3 Å². The molecule has 0 bridgehead atoms. The fourth-order valence-electron chi connectivity index (χ4n) is 1.16. The molecule has 1 aromatic rings. The summed E-state index contributed by atoms with van der Waals surface area (Å²) in [5.41, 5.74) is 1.81. The van der Waals surface area contributed by atoms with Gasteiger partial charge in [0.15, 0.2) is 0 Å². The van der Waals surface area contributed by atoms with Crippen LogP contribution in [-0.4, -0.2) is 13.1 Å². The Morgan fingerprint density at radius 2 is 2.24 bits per heavy atom. The van der Waals surface area contributed by atoms with Gasteiger partial charge in [0.2, 0.25) is 0 Å². The highest BCUT2D eigenvalue weighted by Gasteiger charge is 2.00. The molecule has 0 unspecified atom stereocenters. The Hall–Kier alpha value is -1.97. The zero-order valence-corrected chi connectivity index (χ0v) is 10.4. The Morgan fingerprint density at radius 3 is 2.88 bits per heavy atom. The highest BCUT2D eigenvalue weighted by molar-refractivity contribution is 5.90. The summed E-state index contributed by atoms with van der Waals surface area (Å²) >= 11 is 0. The van der Waals surface area contributed by atoms with Crippen molar-refractivity contribution in [1.29, 1.82) is 0 Å². The van der Waals surface area contributed by atoms with Gasteiger partial charge in [-0.2, -0.15) is 0 Å². The van der Waals surface area contributed by atoms with Crippen molar-refractivity contribution in [3.63, 3.8) is 0 Å². The van der Waals surface area contributed by atoms with Gasteiger partial charge in [-0.05, 0) is 25.5 Å². The third-order valence-electron chi connectivity index (χ3n) is 2.33. The number of allylic oxidation sites excluding steroid dienone is 1. The average Bonchev–Trinajstić information content (AvgIpc) is 2.36. The van der Waals surface area contributed by atoms with Gasteiger partial charge >= 0.3 is 6.03 Å². The quantitative estimate of drug-likeness (QED) is 0.840. The van der Waals surface area contributed by atoms with Crippen LogP contribution in [-0.2, 0) is 0 Å². The van der Waals surface area contributed by atoms with E-state index in [-0.39, 0.29) is 6.03 Å². The number of amides is 2. The number of anilines is 1. The fraction of sp³-hybridized carbons (Fsp3) is 0.308. The third kappa shape index (κ3) is 4.59. The van der Waals surface area contributed by atoms with Gasteiger partial charge in [-0.3, -0.25) is 0 Å². The molecular formula is C13H18N2O2. The first-order valence-electron chi connectivity index (χ1n) is 5.53. The molecule has 4 heteroatoms. The topological polar surface area (TPSA) is 50.4 Å². The smallest absolute Gasteiger partial charge is 0.323 e. The summed E-state index contributed by atoms with van der Waals surface area (Å²) in [6, 6.07) is 6.95. The molecule has 0 fully saturated rings. The molecule has 0 aliphatic heterocycles. The molecule has 1 rings (SSSR count). The van der Waals surface area contributed by atoms with Gasteiger partial charge in [-0.25, -0.2) is 4.79 Å². The van der Waals surface area contributed by atoms with E-state index in [0.717, 1.165) is 12.0 Å². The number of carbonyl (C=O) groups excluding carboxylic acids is 1. The second kappa shape index (κ2) is 6.58. The average molecular weight is 234 g/mol. The number of hydrogen-bond donors (Lipinski definition) is 2. The van der Waals surface area contributed by atoms with Gasteiger partial charge < -0.3 is 15.4 Å². The van der Waals surface area contributed by atoms with Gasteiger partial charge in [0, 0.05) is 18.0 Å². The van der Waals surface area contributed by atoms with Crippen LogP contribution in [0.5, 0.6) is 5.75 Å². The van der Waals surface area contributed by atoms with Crippen molar-refractivity contribution >= 4 is 11.7 Å². The van der Waals surface area contributed by atoms with Crippen LogP contribution in [0.3, 0.4) is 0 Å². The van der Waals surface area contributed by atoms with Gasteiger partial charge in [0.1, 0.15) is 5.75 Å². The molecule has 0 aromatic heterocycles. The summed E-state index contributed by atoms with van der Waals surface area (Å²) in [6.07, 6.45) is 2.62. The monoisotopic (exact) mass is 234 g/mol. The molecule has 0 spiro atoms. The van der Waals surface area contributed by atoms with E-state index in [9.17, 15) is 4.79 Å².